The first-order valence-electron chi connectivity index (χ1n) is 5.91. The smallest absolute Gasteiger partial charge is 0.269 e. The highest BCUT2D eigenvalue weighted by atomic mass is 127. The lowest BCUT2D eigenvalue weighted by Gasteiger charge is -2.07. The zero-order valence-corrected chi connectivity index (χ0v) is 13.5. The maximum Gasteiger partial charge on any atom is 0.269 e. The maximum atomic E-state index is 11.5. The van der Waals surface area contributed by atoms with Crippen molar-refractivity contribution in [3.05, 3.63) is 18.0 Å². The van der Waals surface area contributed by atoms with Crippen molar-refractivity contribution < 1.29 is 4.79 Å². The van der Waals surface area contributed by atoms with E-state index >= 15 is 0 Å². The van der Waals surface area contributed by atoms with Crippen molar-refractivity contribution >= 4 is 35.8 Å². The third-order valence-corrected chi connectivity index (χ3v) is 2.09. The van der Waals surface area contributed by atoms with Crippen LogP contribution in [0.15, 0.2) is 17.3 Å². The van der Waals surface area contributed by atoms with Gasteiger partial charge >= 0.3 is 0 Å². The molecule has 0 atom stereocenters. The number of hydrogen-bond acceptors (Lipinski definition) is 3. The maximum absolute atomic E-state index is 11.5. The molecule has 0 aliphatic heterocycles. The summed E-state index contributed by atoms with van der Waals surface area (Å²) < 4.78 is 0. The Balaban J connectivity index is 0.00000324. The topological polar surface area (TPSA) is 108 Å². The van der Waals surface area contributed by atoms with Gasteiger partial charge < -0.3 is 16.4 Å². The Hall–Kier alpha value is -1.32. The van der Waals surface area contributed by atoms with Crippen molar-refractivity contribution in [3.63, 3.8) is 0 Å². The van der Waals surface area contributed by atoms with Gasteiger partial charge in [0.15, 0.2) is 5.96 Å². The lowest BCUT2D eigenvalue weighted by molar-refractivity contribution is 0.0949. The van der Waals surface area contributed by atoms with Crippen LogP contribution < -0.4 is 16.4 Å². The summed E-state index contributed by atoms with van der Waals surface area (Å²) in [5.74, 6) is 0.692. The van der Waals surface area contributed by atoms with Crippen LogP contribution in [0.25, 0.3) is 0 Å². The van der Waals surface area contributed by atoms with Crippen LogP contribution in [0.1, 0.15) is 24.3 Å². The van der Waals surface area contributed by atoms with E-state index in [-0.39, 0.29) is 29.9 Å². The van der Waals surface area contributed by atoms with E-state index in [9.17, 15) is 4.79 Å². The number of rotatable bonds is 6. The minimum Gasteiger partial charge on any atom is -0.370 e. The summed E-state index contributed by atoms with van der Waals surface area (Å²) in [4.78, 5) is 15.6. The fourth-order valence-corrected chi connectivity index (χ4v) is 1.18. The minimum absolute atomic E-state index is 0. The fourth-order valence-electron chi connectivity index (χ4n) is 1.18. The molecule has 0 unspecified atom stereocenters. The standard InChI is InChI=1S/C11H20N6O.HI/c1-8(2)7-15-11(12)14-6-5-13-10(18)9-3-4-16-17-9;/h3-4,8H,5-7H2,1-2H3,(H,13,18)(H,16,17)(H3,12,14,15);1H. The van der Waals surface area contributed by atoms with E-state index in [1.54, 1.807) is 6.07 Å². The van der Waals surface area contributed by atoms with Crippen LogP contribution in [0, 0.1) is 5.92 Å². The molecule has 7 nitrogen and oxygen atoms in total. The first kappa shape index (κ1) is 17.7. The summed E-state index contributed by atoms with van der Waals surface area (Å²) in [7, 11) is 0. The highest BCUT2D eigenvalue weighted by Crippen LogP contribution is 1.90. The summed E-state index contributed by atoms with van der Waals surface area (Å²) in [5, 5.41) is 11.9. The molecule has 1 rings (SSSR count). The highest BCUT2D eigenvalue weighted by Gasteiger charge is 2.04. The average molecular weight is 380 g/mol. The zero-order valence-electron chi connectivity index (χ0n) is 11.1. The Labute approximate surface area is 129 Å². The zero-order chi connectivity index (χ0) is 13.4. The minimum atomic E-state index is -0.188. The number of aliphatic imine (C=N–C) groups is 1. The van der Waals surface area contributed by atoms with Gasteiger partial charge in [-0.1, -0.05) is 13.8 Å². The van der Waals surface area contributed by atoms with Crippen LogP contribution in [-0.4, -0.2) is 41.7 Å². The van der Waals surface area contributed by atoms with Crippen LogP contribution in [0.5, 0.6) is 0 Å². The lowest BCUT2D eigenvalue weighted by atomic mass is 10.2. The van der Waals surface area contributed by atoms with Gasteiger partial charge in [0, 0.05) is 25.8 Å². The van der Waals surface area contributed by atoms with E-state index in [1.807, 2.05) is 0 Å². The second kappa shape index (κ2) is 9.59. The van der Waals surface area contributed by atoms with Gasteiger partial charge in [0.25, 0.3) is 5.91 Å². The van der Waals surface area contributed by atoms with Gasteiger partial charge in [-0.3, -0.25) is 14.9 Å². The van der Waals surface area contributed by atoms with Gasteiger partial charge in [0.2, 0.25) is 0 Å². The van der Waals surface area contributed by atoms with Crippen LogP contribution in [-0.2, 0) is 0 Å². The van der Waals surface area contributed by atoms with Crippen LogP contribution in [0.3, 0.4) is 0 Å². The number of nitrogens with zero attached hydrogens (tertiary/aromatic N) is 2. The number of guanidine groups is 1. The highest BCUT2D eigenvalue weighted by molar-refractivity contribution is 14.0. The summed E-state index contributed by atoms with van der Waals surface area (Å²) in [6.45, 7) is 5.84. The predicted molar refractivity (Wildman–Crippen MR) is 85.7 cm³/mol. The summed E-state index contributed by atoms with van der Waals surface area (Å²) in [6, 6.07) is 1.61. The monoisotopic (exact) mass is 380 g/mol. The van der Waals surface area contributed by atoms with Gasteiger partial charge in [0.1, 0.15) is 5.69 Å². The van der Waals surface area contributed by atoms with Gasteiger partial charge in [-0.15, -0.1) is 24.0 Å². The molecule has 1 amide bonds. The molecule has 0 radical (unpaired) electrons. The number of nitrogens with one attached hydrogen (secondary N) is 3. The molecule has 8 heteroatoms. The fraction of sp³-hybridized carbons (Fsp3) is 0.545. The lowest BCUT2D eigenvalue weighted by Crippen LogP contribution is -2.38. The molecule has 0 saturated carbocycles. The van der Waals surface area contributed by atoms with Crippen molar-refractivity contribution in [3.8, 4) is 0 Å². The van der Waals surface area contributed by atoms with Crippen LogP contribution in [0.2, 0.25) is 0 Å². The van der Waals surface area contributed by atoms with E-state index in [0.717, 1.165) is 0 Å². The van der Waals surface area contributed by atoms with E-state index < -0.39 is 0 Å². The SMILES string of the molecule is CC(C)CN=C(N)NCCNC(=O)c1ccn[nH]1.I. The number of aromatic nitrogens is 2. The van der Waals surface area contributed by atoms with Gasteiger partial charge in [-0.05, 0) is 12.0 Å². The molecular weight excluding hydrogens is 359 g/mol. The molecular formula is C11H21IN6O. The van der Waals surface area contributed by atoms with E-state index in [4.69, 9.17) is 5.73 Å². The third-order valence-electron chi connectivity index (χ3n) is 2.09. The van der Waals surface area contributed by atoms with E-state index in [1.165, 1.54) is 6.20 Å². The molecule has 1 aromatic rings. The van der Waals surface area contributed by atoms with Crippen molar-refractivity contribution in [2.75, 3.05) is 19.6 Å². The molecule has 108 valence electrons. The Kier molecular flexibility index (Phi) is 8.92. The molecule has 0 aliphatic carbocycles. The first-order chi connectivity index (χ1) is 8.59. The van der Waals surface area contributed by atoms with Gasteiger partial charge in [-0.2, -0.15) is 5.10 Å². The summed E-state index contributed by atoms with van der Waals surface area (Å²) >= 11 is 0. The molecule has 1 aromatic heterocycles. The number of nitrogens with two attached hydrogens (primary N) is 1. The number of carbonyl (C=O) groups is 1. The van der Waals surface area contributed by atoms with Gasteiger partial charge in [-0.25, -0.2) is 0 Å². The summed E-state index contributed by atoms with van der Waals surface area (Å²) in [5.41, 5.74) is 6.08. The molecule has 0 saturated heterocycles. The molecule has 0 fully saturated rings. The van der Waals surface area contributed by atoms with E-state index in [2.05, 4.69) is 39.7 Å². The number of hydrogen-bond donors (Lipinski definition) is 4. The molecule has 0 spiro atoms. The number of amides is 1. The molecule has 0 aromatic carbocycles. The second-order valence-electron chi connectivity index (χ2n) is 4.27. The summed E-state index contributed by atoms with van der Waals surface area (Å²) in [6.07, 6.45) is 1.53. The number of halogens is 1. The van der Waals surface area contributed by atoms with Crippen molar-refractivity contribution in [2.24, 2.45) is 16.6 Å². The normalized spacial score (nSPS) is 11.0. The Bertz CT molecular complexity index is 390. The van der Waals surface area contributed by atoms with E-state index in [0.29, 0.717) is 37.2 Å². The molecule has 1 heterocycles. The van der Waals surface area contributed by atoms with Crippen LogP contribution in [0.4, 0.5) is 0 Å². The van der Waals surface area contributed by atoms with Crippen LogP contribution >= 0.6 is 24.0 Å². The number of aromatic amines is 1. The molecule has 0 bridgehead atoms. The Morgan fingerprint density at radius 2 is 2.16 bits per heavy atom. The van der Waals surface area contributed by atoms with Crippen molar-refractivity contribution in [2.45, 2.75) is 13.8 Å². The van der Waals surface area contributed by atoms with Crippen molar-refractivity contribution in [1.82, 2.24) is 20.8 Å². The Morgan fingerprint density at radius 3 is 2.74 bits per heavy atom. The quantitative estimate of drug-likeness (QED) is 0.247. The predicted octanol–water partition coefficient (Wildman–Crippen LogP) is 0.318. The van der Waals surface area contributed by atoms with Gasteiger partial charge in [0.05, 0.1) is 0 Å². The second-order valence-corrected chi connectivity index (χ2v) is 4.27. The first-order valence-corrected chi connectivity index (χ1v) is 5.91. The van der Waals surface area contributed by atoms with Crippen molar-refractivity contribution in [1.29, 1.82) is 0 Å². The largest absolute Gasteiger partial charge is 0.370 e. The molecule has 0 aliphatic rings. The molecule has 19 heavy (non-hydrogen) atoms. The average Bonchev–Trinajstić information content (AvgIpc) is 2.85. The number of carbonyl (C=O) groups excluding carboxylic acids is 1. The Morgan fingerprint density at radius 1 is 1.47 bits per heavy atom. The third kappa shape index (κ3) is 7.65. The number of H-pyrrole nitrogens is 1. The molecule has 5 N–H and O–H groups in total.